The first kappa shape index (κ1) is 23.4. The maximum atomic E-state index is 14.4. The standard InChI is InChI=1S/C25H26F2N4O4/c1-24(2,12-34-3)21-19(14-9-25(10-14,35-4)23(32)33)20-18(7-13-11-28-30-22(13)29-20)31(21)15-5-6-16(26)17(27)8-15/h5-8,11,14H,9-10,12H2,1-4H3,(H,32,33)(H,28,29,30)/t14-,25+. The summed E-state index contributed by atoms with van der Waals surface area (Å²) in [6.45, 7) is 4.33. The van der Waals surface area contributed by atoms with Crippen molar-refractivity contribution in [1.29, 1.82) is 0 Å². The number of pyridine rings is 1. The molecule has 0 aliphatic heterocycles. The zero-order valence-corrected chi connectivity index (χ0v) is 19.9. The highest BCUT2D eigenvalue weighted by atomic mass is 19.2. The number of fused-ring (bicyclic) bond motifs is 2. The molecule has 8 nitrogen and oxygen atoms in total. The van der Waals surface area contributed by atoms with Crippen LogP contribution >= 0.6 is 0 Å². The Morgan fingerprint density at radius 3 is 2.63 bits per heavy atom. The number of carboxylic acids is 1. The molecule has 1 fully saturated rings. The quantitative estimate of drug-likeness (QED) is 0.402. The van der Waals surface area contributed by atoms with Crippen LogP contribution in [0.2, 0.25) is 0 Å². The molecule has 3 heterocycles. The third-order valence-corrected chi connectivity index (χ3v) is 7.03. The maximum absolute atomic E-state index is 14.4. The fraction of sp³-hybridized carbons (Fsp3) is 0.400. The predicted octanol–water partition coefficient (Wildman–Crippen LogP) is 4.45. The van der Waals surface area contributed by atoms with Gasteiger partial charge in [-0.1, -0.05) is 13.8 Å². The molecule has 0 radical (unpaired) electrons. The van der Waals surface area contributed by atoms with E-state index >= 15 is 0 Å². The SMILES string of the molecule is COCC(C)(C)c1c([C@H]2C[C@](OC)(C(=O)O)C2)c2nc3[nH]ncc3cc2n1-c1ccc(F)c(F)c1. The molecule has 0 saturated heterocycles. The number of nitrogens with zero attached hydrogens (tertiary/aromatic N) is 3. The van der Waals surface area contributed by atoms with Crippen LogP contribution in [0.3, 0.4) is 0 Å². The van der Waals surface area contributed by atoms with Crippen molar-refractivity contribution in [3.05, 3.63) is 53.4 Å². The Morgan fingerprint density at radius 1 is 1.26 bits per heavy atom. The summed E-state index contributed by atoms with van der Waals surface area (Å²) in [6.07, 6.45) is 2.16. The Balaban J connectivity index is 1.85. The van der Waals surface area contributed by atoms with Crippen molar-refractivity contribution in [2.75, 3.05) is 20.8 Å². The van der Waals surface area contributed by atoms with Crippen molar-refractivity contribution in [2.45, 2.75) is 43.6 Å². The van der Waals surface area contributed by atoms with E-state index in [1.165, 1.54) is 13.2 Å². The van der Waals surface area contributed by atoms with Crippen molar-refractivity contribution in [3.63, 3.8) is 0 Å². The van der Waals surface area contributed by atoms with Crippen molar-refractivity contribution >= 4 is 28.0 Å². The molecule has 1 aliphatic rings. The minimum absolute atomic E-state index is 0.181. The predicted molar refractivity (Wildman–Crippen MR) is 125 cm³/mol. The third-order valence-electron chi connectivity index (χ3n) is 7.03. The average Bonchev–Trinajstić information content (AvgIpc) is 3.36. The first-order chi connectivity index (χ1) is 16.6. The van der Waals surface area contributed by atoms with Gasteiger partial charge in [0.1, 0.15) is 0 Å². The van der Waals surface area contributed by atoms with Gasteiger partial charge < -0.3 is 19.1 Å². The summed E-state index contributed by atoms with van der Waals surface area (Å²) in [7, 11) is 3.00. The molecule has 0 bridgehead atoms. The molecular weight excluding hydrogens is 458 g/mol. The van der Waals surface area contributed by atoms with Gasteiger partial charge in [0.2, 0.25) is 0 Å². The van der Waals surface area contributed by atoms with Gasteiger partial charge in [-0.3, -0.25) is 5.10 Å². The van der Waals surface area contributed by atoms with E-state index in [0.29, 0.717) is 29.0 Å². The Morgan fingerprint density at radius 2 is 2.00 bits per heavy atom. The van der Waals surface area contributed by atoms with Gasteiger partial charge in [0.25, 0.3) is 0 Å². The lowest BCUT2D eigenvalue weighted by atomic mass is 9.66. The number of carbonyl (C=O) groups is 1. The summed E-state index contributed by atoms with van der Waals surface area (Å²) in [5.41, 5.74) is 2.12. The molecule has 1 aliphatic carbocycles. The smallest absolute Gasteiger partial charge is 0.335 e. The van der Waals surface area contributed by atoms with Crippen LogP contribution in [0.15, 0.2) is 30.5 Å². The van der Waals surface area contributed by atoms with Crippen molar-refractivity contribution in [1.82, 2.24) is 19.7 Å². The summed E-state index contributed by atoms with van der Waals surface area (Å²) >= 11 is 0. The zero-order chi connectivity index (χ0) is 25.1. The van der Waals surface area contributed by atoms with Crippen LogP contribution in [0, 0.1) is 11.6 Å². The zero-order valence-electron chi connectivity index (χ0n) is 19.9. The summed E-state index contributed by atoms with van der Waals surface area (Å²) < 4.78 is 41.0. The highest BCUT2D eigenvalue weighted by Crippen LogP contribution is 2.52. The van der Waals surface area contributed by atoms with Gasteiger partial charge in [-0.15, -0.1) is 0 Å². The summed E-state index contributed by atoms with van der Waals surface area (Å²) in [4.78, 5) is 16.8. The second-order valence-corrected chi connectivity index (χ2v) is 9.79. The number of nitrogens with one attached hydrogen (secondary N) is 1. The fourth-order valence-electron chi connectivity index (χ4n) is 5.33. The van der Waals surface area contributed by atoms with Crippen LogP contribution in [-0.2, 0) is 19.7 Å². The highest BCUT2D eigenvalue weighted by molar-refractivity contribution is 5.94. The first-order valence-corrected chi connectivity index (χ1v) is 11.2. The van der Waals surface area contributed by atoms with Crippen LogP contribution in [0.1, 0.15) is 43.9 Å². The number of aromatic nitrogens is 4. The van der Waals surface area contributed by atoms with Gasteiger partial charge >= 0.3 is 5.97 Å². The van der Waals surface area contributed by atoms with Gasteiger partial charge in [-0.05, 0) is 37.0 Å². The number of hydrogen-bond acceptors (Lipinski definition) is 5. The molecule has 5 rings (SSSR count). The molecule has 0 amide bonds. The second-order valence-electron chi connectivity index (χ2n) is 9.79. The van der Waals surface area contributed by atoms with Gasteiger partial charge in [0.05, 0.1) is 23.8 Å². The molecule has 184 valence electrons. The summed E-state index contributed by atoms with van der Waals surface area (Å²) in [5, 5.41) is 17.5. The van der Waals surface area contributed by atoms with E-state index in [9.17, 15) is 18.7 Å². The molecule has 4 aromatic rings. The normalized spacial score (nSPS) is 20.5. The number of methoxy groups -OCH3 is 2. The number of hydrogen-bond donors (Lipinski definition) is 2. The van der Waals surface area contributed by atoms with E-state index in [-0.39, 0.29) is 18.8 Å². The summed E-state index contributed by atoms with van der Waals surface area (Å²) in [5.74, 6) is -3.10. The largest absolute Gasteiger partial charge is 0.479 e. The molecule has 1 saturated carbocycles. The minimum Gasteiger partial charge on any atom is -0.479 e. The van der Waals surface area contributed by atoms with Crippen LogP contribution < -0.4 is 0 Å². The number of aliphatic carboxylic acids is 1. The third kappa shape index (κ3) is 3.51. The lowest BCUT2D eigenvalue weighted by Gasteiger charge is -2.44. The van der Waals surface area contributed by atoms with E-state index < -0.39 is 28.6 Å². The van der Waals surface area contributed by atoms with Crippen LogP contribution in [0.25, 0.3) is 27.8 Å². The Hall–Kier alpha value is -3.37. The number of ether oxygens (including phenoxy) is 2. The molecule has 2 N–H and O–H groups in total. The minimum atomic E-state index is -1.28. The second kappa shape index (κ2) is 8.10. The first-order valence-electron chi connectivity index (χ1n) is 11.2. The monoisotopic (exact) mass is 484 g/mol. The number of benzene rings is 1. The highest BCUT2D eigenvalue weighted by Gasteiger charge is 2.53. The summed E-state index contributed by atoms with van der Waals surface area (Å²) in [6, 6.07) is 5.67. The van der Waals surface area contributed by atoms with Crippen molar-refractivity contribution in [2.24, 2.45) is 0 Å². The molecule has 3 aromatic heterocycles. The molecular formula is C25H26F2N4O4. The van der Waals surface area contributed by atoms with E-state index in [2.05, 4.69) is 10.2 Å². The number of halogens is 2. The van der Waals surface area contributed by atoms with E-state index in [4.69, 9.17) is 14.5 Å². The van der Waals surface area contributed by atoms with Crippen molar-refractivity contribution < 1.29 is 28.2 Å². The molecule has 10 heteroatoms. The van der Waals surface area contributed by atoms with Gasteiger partial charge in [-0.2, -0.15) is 5.10 Å². The van der Waals surface area contributed by atoms with Crippen LogP contribution in [0.5, 0.6) is 0 Å². The number of rotatable bonds is 7. The van der Waals surface area contributed by atoms with E-state index in [1.54, 1.807) is 13.3 Å². The number of carboxylic acid groups (broad SMARTS) is 1. The number of aromatic amines is 1. The van der Waals surface area contributed by atoms with Crippen molar-refractivity contribution in [3.8, 4) is 5.69 Å². The van der Waals surface area contributed by atoms with Gasteiger partial charge in [0.15, 0.2) is 22.9 Å². The topological polar surface area (TPSA) is 102 Å². The van der Waals surface area contributed by atoms with Crippen LogP contribution in [0.4, 0.5) is 8.78 Å². The molecule has 35 heavy (non-hydrogen) atoms. The number of H-pyrrole nitrogens is 1. The van der Waals surface area contributed by atoms with E-state index in [0.717, 1.165) is 28.8 Å². The molecule has 0 unspecified atom stereocenters. The van der Waals surface area contributed by atoms with Gasteiger partial charge in [0, 0.05) is 48.0 Å². The lowest BCUT2D eigenvalue weighted by molar-refractivity contribution is -0.175. The van der Waals surface area contributed by atoms with E-state index in [1.807, 2.05) is 24.5 Å². The molecule has 0 atom stereocenters. The molecule has 0 spiro atoms. The maximum Gasteiger partial charge on any atom is 0.335 e. The fourth-order valence-corrected chi connectivity index (χ4v) is 5.33. The Kier molecular flexibility index (Phi) is 5.41. The van der Waals surface area contributed by atoms with Gasteiger partial charge in [-0.25, -0.2) is 18.6 Å². The lowest BCUT2D eigenvalue weighted by Crippen LogP contribution is -2.51. The molecule has 1 aromatic carbocycles. The Labute approximate surface area is 199 Å². The van der Waals surface area contributed by atoms with Crippen LogP contribution in [-0.4, -0.2) is 57.3 Å². The average molecular weight is 485 g/mol. The Bertz CT molecular complexity index is 1450.